The summed E-state index contributed by atoms with van der Waals surface area (Å²) in [6.07, 6.45) is 3.93. The molecule has 1 N–H and O–H groups in total. The number of nitrogens with one attached hydrogen (secondary N) is 1. The molecule has 1 aromatic carbocycles. The highest BCUT2D eigenvalue weighted by Gasteiger charge is 2.19. The Balaban J connectivity index is 1.88. The first kappa shape index (κ1) is 14.1. The smallest absolute Gasteiger partial charge is 0.0559 e. The molecule has 2 atom stereocenters. The molecular formula is C18H23N3. The van der Waals surface area contributed by atoms with Gasteiger partial charge in [0.05, 0.1) is 11.9 Å². The van der Waals surface area contributed by atoms with Gasteiger partial charge in [0.2, 0.25) is 0 Å². The van der Waals surface area contributed by atoms with E-state index >= 15 is 0 Å². The highest BCUT2D eigenvalue weighted by molar-refractivity contribution is 5.67. The Hall–Kier alpha value is -1.87. The van der Waals surface area contributed by atoms with E-state index in [9.17, 15) is 0 Å². The lowest BCUT2D eigenvalue weighted by molar-refractivity contribution is 0.525. The third-order valence-electron chi connectivity index (χ3n) is 4.04. The fraction of sp³-hybridized carbons (Fsp3) is 0.389. The predicted molar refractivity (Wildman–Crippen MR) is 88.5 cm³/mol. The Morgan fingerprint density at radius 3 is 2.67 bits per heavy atom. The Bertz CT molecular complexity index is 570. The molecular weight excluding hydrogens is 258 g/mol. The lowest BCUT2D eigenvalue weighted by Gasteiger charge is -2.26. The molecule has 0 unspecified atom stereocenters. The van der Waals surface area contributed by atoms with Crippen molar-refractivity contribution in [2.24, 2.45) is 5.92 Å². The molecule has 1 fully saturated rings. The van der Waals surface area contributed by atoms with Crippen molar-refractivity contribution >= 4 is 5.69 Å². The van der Waals surface area contributed by atoms with E-state index in [1.165, 1.54) is 16.8 Å². The maximum Gasteiger partial charge on any atom is 0.0559 e. The first-order valence-corrected chi connectivity index (χ1v) is 7.71. The van der Waals surface area contributed by atoms with Gasteiger partial charge in [-0.25, -0.2) is 0 Å². The fourth-order valence-electron chi connectivity index (χ4n) is 2.91. The fourth-order valence-corrected chi connectivity index (χ4v) is 2.91. The van der Waals surface area contributed by atoms with Gasteiger partial charge in [0, 0.05) is 30.9 Å². The highest BCUT2D eigenvalue weighted by atomic mass is 15.2. The molecule has 0 spiro atoms. The minimum absolute atomic E-state index is 0.510. The molecule has 2 heterocycles. The number of anilines is 1. The second-order valence-electron chi connectivity index (χ2n) is 6.12. The second-order valence-corrected chi connectivity index (χ2v) is 6.12. The van der Waals surface area contributed by atoms with Gasteiger partial charge in [0.15, 0.2) is 0 Å². The minimum atomic E-state index is 0.510. The molecule has 0 aliphatic carbocycles. The van der Waals surface area contributed by atoms with Crippen molar-refractivity contribution in [1.29, 1.82) is 0 Å². The van der Waals surface area contributed by atoms with Crippen molar-refractivity contribution in [3.05, 3.63) is 48.8 Å². The quantitative estimate of drug-likeness (QED) is 0.916. The maximum absolute atomic E-state index is 4.45. The van der Waals surface area contributed by atoms with E-state index in [1.54, 1.807) is 0 Å². The molecule has 0 radical (unpaired) electrons. The molecule has 0 saturated carbocycles. The van der Waals surface area contributed by atoms with Crippen molar-refractivity contribution in [2.75, 3.05) is 24.5 Å². The predicted octanol–water partition coefficient (Wildman–Crippen LogP) is 3.18. The summed E-state index contributed by atoms with van der Waals surface area (Å²) in [7, 11) is 0. The van der Waals surface area contributed by atoms with Gasteiger partial charge >= 0.3 is 0 Å². The molecule has 1 aliphatic rings. The summed E-state index contributed by atoms with van der Waals surface area (Å²) in [6, 6.07) is 13.2. The Morgan fingerprint density at radius 2 is 1.86 bits per heavy atom. The molecule has 21 heavy (non-hydrogen) atoms. The van der Waals surface area contributed by atoms with Gasteiger partial charge in [-0.05, 0) is 31.0 Å². The van der Waals surface area contributed by atoms with Crippen LogP contribution in [-0.2, 0) is 0 Å². The van der Waals surface area contributed by atoms with Crippen molar-refractivity contribution in [2.45, 2.75) is 19.9 Å². The standard InChI is InChI=1S/C18H23N3/c1-14-9-20-15(2)13-21(12-14)18-8-17(10-19-11-18)16-6-4-3-5-7-16/h3-8,10-11,14-15,20H,9,12-13H2,1-2H3/t14-,15-/m0/s1. The molecule has 1 saturated heterocycles. The van der Waals surface area contributed by atoms with Crippen LogP contribution in [0, 0.1) is 5.92 Å². The first-order chi connectivity index (χ1) is 10.2. The third-order valence-corrected chi connectivity index (χ3v) is 4.04. The van der Waals surface area contributed by atoms with Crippen LogP contribution in [0.5, 0.6) is 0 Å². The van der Waals surface area contributed by atoms with Gasteiger partial charge in [0.1, 0.15) is 0 Å². The number of nitrogens with zero attached hydrogens (tertiary/aromatic N) is 2. The van der Waals surface area contributed by atoms with Crippen LogP contribution in [0.2, 0.25) is 0 Å². The average Bonchev–Trinajstić information content (AvgIpc) is 2.70. The van der Waals surface area contributed by atoms with E-state index < -0.39 is 0 Å². The van der Waals surface area contributed by atoms with Crippen LogP contribution < -0.4 is 10.2 Å². The lowest BCUT2D eigenvalue weighted by Crippen LogP contribution is -2.35. The number of benzene rings is 1. The van der Waals surface area contributed by atoms with E-state index in [2.05, 4.69) is 59.4 Å². The van der Waals surface area contributed by atoms with E-state index in [-0.39, 0.29) is 0 Å². The average molecular weight is 281 g/mol. The van der Waals surface area contributed by atoms with Gasteiger partial charge in [-0.2, -0.15) is 0 Å². The van der Waals surface area contributed by atoms with Gasteiger partial charge in [0.25, 0.3) is 0 Å². The van der Waals surface area contributed by atoms with Crippen molar-refractivity contribution < 1.29 is 0 Å². The minimum Gasteiger partial charge on any atom is -0.368 e. The third kappa shape index (κ3) is 3.42. The van der Waals surface area contributed by atoms with E-state index in [4.69, 9.17) is 0 Å². The number of pyridine rings is 1. The van der Waals surface area contributed by atoms with Crippen LogP contribution >= 0.6 is 0 Å². The maximum atomic E-state index is 4.45. The molecule has 3 heteroatoms. The molecule has 2 aromatic rings. The van der Waals surface area contributed by atoms with Crippen molar-refractivity contribution in [3.63, 3.8) is 0 Å². The number of aromatic nitrogens is 1. The Morgan fingerprint density at radius 1 is 1.05 bits per heavy atom. The van der Waals surface area contributed by atoms with Crippen LogP contribution in [0.4, 0.5) is 5.69 Å². The Kier molecular flexibility index (Phi) is 4.20. The molecule has 110 valence electrons. The zero-order valence-corrected chi connectivity index (χ0v) is 12.8. The van der Waals surface area contributed by atoms with Gasteiger partial charge in [-0.1, -0.05) is 37.3 Å². The second kappa shape index (κ2) is 6.27. The summed E-state index contributed by atoms with van der Waals surface area (Å²) in [5.41, 5.74) is 3.63. The van der Waals surface area contributed by atoms with E-state index in [0.29, 0.717) is 12.0 Å². The van der Waals surface area contributed by atoms with E-state index in [1.807, 2.05) is 18.5 Å². The zero-order chi connectivity index (χ0) is 14.7. The Labute approximate surface area is 127 Å². The van der Waals surface area contributed by atoms with Gasteiger partial charge in [-0.3, -0.25) is 4.98 Å². The zero-order valence-electron chi connectivity index (χ0n) is 12.8. The summed E-state index contributed by atoms with van der Waals surface area (Å²) in [4.78, 5) is 6.91. The topological polar surface area (TPSA) is 28.2 Å². The van der Waals surface area contributed by atoms with E-state index in [0.717, 1.165) is 19.6 Å². The monoisotopic (exact) mass is 281 g/mol. The molecule has 1 aromatic heterocycles. The summed E-state index contributed by atoms with van der Waals surface area (Å²) in [5, 5.41) is 3.58. The summed E-state index contributed by atoms with van der Waals surface area (Å²) < 4.78 is 0. The normalized spacial score (nSPS) is 22.9. The van der Waals surface area contributed by atoms with Crippen molar-refractivity contribution in [3.8, 4) is 11.1 Å². The van der Waals surface area contributed by atoms with Crippen LogP contribution in [0.3, 0.4) is 0 Å². The van der Waals surface area contributed by atoms with Crippen molar-refractivity contribution in [1.82, 2.24) is 10.3 Å². The summed E-state index contributed by atoms with van der Waals surface area (Å²) in [5.74, 6) is 0.648. The van der Waals surface area contributed by atoms with Crippen LogP contribution in [0.25, 0.3) is 11.1 Å². The number of rotatable bonds is 2. The molecule has 0 bridgehead atoms. The van der Waals surface area contributed by atoms with Crippen LogP contribution in [0.1, 0.15) is 13.8 Å². The number of hydrogen-bond acceptors (Lipinski definition) is 3. The first-order valence-electron chi connectivity index (χ1n) is 7.71. The number of hydrogen-bond donors (Lipinski definition) is 1. The molecule has 1 aliphatic heterocycles. The molecule has 3 nitrogen and oxygen atoms in total. The lowest BCUT2D eigenvalue weighted by atomic mass is 10.1. The van der Waals surface area contributed by atoms with Crippen LogP contribution in [-0.4, -0.2) is 30.7 Å². The van der Waals surface area contributed by atoms with Gasteiger partial charge in [-0.15, -0.1) is 0 Å². The van der Waals surface area contributed by atoms with Gasteiger partial charge < -0.3 is 10.2 Å². The highest BCUT2D eigenvalue weighted by Crippen LogP contribution is 2.24. The SMILES string of the molecule is C[C@H]1CN[C@@H](C)CN(c2cncc(-c3ccccc3)c2)C1. The van der Waals surface area contributed by atoms with Crippen LogP contribution in [0.15, 0.2) is 48.8 Å². The molecule has 0 amide bonds. The summed E-state index contributed by atoms with van der Waals surface area (Å²) >= 11 is 0. The molecule has 3 rings (SSSR count). The largest absolute Gasteiger partial charge is 0.368 e. The summed E-state index contributed by atoms with van der Waals surface area (Å²) in [6.45, 7) is 7.75.